The maximum absolute atomic E-state index is 12.6. The molecule has 1 heterocycles. The predicted octanol–water partition coefficient (Wildman–Crippen LogP) is 0.137. The van der Waals surface area contributed by atoms with Crippen LogP contribution in [-0.2, 0) is 0 Å². The van der Waals surface area contributed by atoms with Crippen molar-refractivity contribution >= 4 is 0 Å². The fourth-order valence-corrected chi connectivity index (χ4v) is 0.647. The van der Waals surface area contributed by atoms with Gasteiger partial charge in [-0.25, -0.2) is 4.98 Å². The third-order valence-corrected chi connectivity index (χ3v) is 1.15. The van der Waals surface area contributed by atoms with Crippen LogP contribution in [0.3, 0.4) is 0 Å². The van der Waals surface area contributed by atoms with Crippen LogP contribution in [0.2, 0.25) is 0 Å². The van der Waals surface area contributed by atoms with E-state index in [1.165, 1.54) is 12.3 Å². The molecule has 1 aromatic heterocycles. The molecule has 0 spiro atoms. The summed E-state index contributed by atoms with van der Waals surface area (Å²) in [4.78, 5) is 3.37. The first-order valence-electron chi connectivity index (χ1n) is 2.83. The van der Waals surface area contributed by atoms with E-state index in [0.717, 1.165) is 0 Å². The van der Waals surface area contributed by atoms with Crippen molar-refractivity contribution in [3.63, 3.8) is 0 Å². The molecule has 4 N–H and O–H groups in total. The average molecular weight is 141 g/mol. The van der Waals surface area contributed by atoms with Gasteiger partial charge in [0.05, 0.1) is 6.17 Å². The third kappa shape index (κ3) is 1.29. The van der Waals surface area contributed by atoms with Crippen LogP contribution in [0, 0.1) is 5.95 Å². The van der Waals surface area contributed by atoms with Gasteiger partial charge in [0, 0.05) is 11.8 Å². The second kappa shape index (κ2) is 2.72. The second-order valence-electron chi connectivity index (χ2n) is 1.91. The molecule has 0 saturated carbocycles. The van der Waals surface area contributed by atoms with Crippen LogP contribution in [0.5, 0.6) is 0 Å². The first-order chi connectivity index (χ1) is 4.72. The molecule has 0 aliphatic rings. The molecule has 0 fully saturated rings. The fraction of sp³-hybridized carbons (Fsp3) is 0.167. The molecule has 0 radical (unpaired) electrons. The van der Waals surface area contributed by atoms with Crippen LogP contribution in [0.15, 0.2) is 18.3 Å². The molecule has 0 aromatic carbocycles. The molecule has 0 atom stereocenters. The van der Waals surface area contributed by atoms with Crippen molar-refractivity contribution in [1.82, 2.24) is 4.98 Å². The lowest BCUT2D eigenvalue weighted by molar-refractivity contribution is 0.549. The minimum Gasteiger partial charge on any atom is -0.312 e. The van der Waals surface area contributed by atoms with Gasteiger partial charge in [-0.3, -0.25) is 0 Å². The summed E-state index contributed by atoms with van der Waals surface area (Å²) in [6.45, 7) is 0. The quantitative estimate of drug-likeness (QED) is 0.431. The summed E-state index contributed by atoms with van der Waals surface area (Å²) in [6.07, 6.45) is 0.565. The van der Waals surface area contributed by atoms with Crippen molar-refractivity contribution < 1.29 is 4.39 Å². The topological polar surface area (TPSA) is 64.9 Å². The lowest BCUT2D eigenvalue weighted by Crippen LogP contribution is -2.21. The Morgan fingerprint density at radius 1 is 1.50 bits per heavy atom. The van der Waals surface area contributed by atoms with Crippen LogP contribution < -0.4 is 11.5 Å². The van der Waals surface area contributed by atoms with Crippen LogP contribution >= 0.6 is 0 Å². The summed E-state index contributed by atoms with van der Waals surface area (Å²) in [5.74, 6) is -0.600. The highest BCUT2D eigenvalue weighted by molar-refractivity contribution is 5.13. The monoisotopic (exact) mass is 141 g/mol. The number of nitrogens with zero attached hydrogens (tertiary/aromatic N) is 1. The SMILES string of the molecule is NC(N)c1cccnc1F. The molecule has 3 nitrogen and oxygen atoms in total. The third-order valence-electron chi connectivity index (χ3n) is 1.15. The Balaban J connectivity index is 3.03. The smallest absolute Gasteiger partial charge is 0.218 e. The molecule has 0 amide bonds. The number of pyridine rings is 1. The van der Waals surface area contributed by atoms with Gasteiger partial charge >= 0.3 is 0 Å². The number of hydrogen-bond donors (Lipinski definition) is 2. The van der Waals surface area contributed by atoms with Crippen LogP contribution in [0.25, 0.3) is 0 Å². The average Bonchev–Trinajstić information content (AvgIpc) is 1.88. The molecule has 0 aliphatic heterocycles. The minimum atomic E-state index is -0.784. The summed E-state index contributed by atoms with van der Waals surface area (Å²) in [5, 5.41) is 0. The Kier molecular flexibility index (Phi) is 1.94. The maximum Gasteiger partial charge on any atom is 0.218 e. The van der Waals surface area contributed by atoms with E-state index in [-0.39, 0.29) is 5.56 Å². The normalized spacial score (nSPS) is 10.4. The van der Waals surface area contributed by atoms with Crippen LogP contribution in [-0.4, -0.2) is 4.98 Å². The Labute approximate surface area is 57.9 Å². The molecule has 0 saturated heterocycles. The molecule has 0 unspecified atom stereocenters. The molecule has 0 aliphatic carbocycles. The number of rotatable bonds is 1. The van der Waals surface area contributed by atoms with Crippen molar-refractivity contribution in [2.24, 2.45) is 11.5 Å². The molecular weight excluding hydrogens is 133 g/mol. The Bertz CT molecular complexity index is 224. The van der Waals surface area contributed by atoms with E-state index in [1.54, 1.807) is 6.07 Å². The minimum absolute atomic E-state index is 0.238. The van der Waals surface area contributed by atoms with Crippen molar-refractivity contribution in [3.05, 3.63) is 29.8 Å². The highest BCUT2D eigenvalue weighted by Gasteiger charge is 2.05. The lowest BCUT2D eigenvalue weighted by Gasteiger charge is -2.03. The van der Waals surface area contributed by atoms with E-state index >= 15 is 0 Å². The number of nitrogens with two attached hydrogens (primary N) is 2. The van der Waals surface area contributed by atoms with E-state index in [0.29, 0.717) is 0 Å². The van der Waals surface area contributed by atoms with Gasteiger partial charge in [0.15, 0.2) is 0 Å². The van der Waals surface area contributed by atoms with Gasteiger partial charge in [-0.1, -0.05) is 6.07 Å². The molecule has 1 aromatic rings. The molecule has 4 heteroatoms. The van der Waals surface area contributed by atoms with Gasteiger partial charge < -0.3 is 11.5 Å². The van der Waals surface area contributed by atoms with Gasteiger partial charge in [-0.2, -0.15) is 4.39 Å². The highest BCUT2D eigenvalue weighted by Crippen LogP contribution is 2.06. The Morgan fingerprint density at radius 3 is 2.60 bits per heavy atom. The zero-order valence-corrected chi connectivity index (χ0v) is 5.29. The van der Waals surface area contributed by atoms with Gasteiger partial charge in [0.25, 0.3) is 0 Å². The first-order valence-corrected chi connectivity index (χ1v) is 2.83. The zero-order chi connectivity index (χ0) is 7.56. The summed E-state index contributed by atoms with van der Waals surface area (Å²) in [7, 11) is 0. The van der Waals surface area contributed by atoms with Gasteiger partial charge in [0.1, 0.15) is 0 Å². The molecule has 0 bridgehead atoms. The van der Waals surface area contributed by atoms with Gasteiger partial charge in [0.2, 0.25) is 5.95 Å². The predicted molar refractivity (Wildman–Crippen MR) is 35.3 cm³/mol. The highest BCUT2D eigenvalue weighted by atomic mass is 19.1. The molecule has 10 heavy (non-hydrogen) atoms. The van der Waals surface area contributed by atoms with Crippen LogP contribution in [0.1, 0.15) is 11.7 Å². The van der Waals surface area contributed by atoms with Gasteiger partial charge in [-0.05, 0) is 6.07 Å². The van der Waals surface area contributed by atoms with Crippen molar-refractivity contribution in [2.45, 2.75) is 6.17 Å². The van der Waals surface area contributed by atoms with Crippen molar-refractivity contribution in [1.29, 1.82) is 0 Å². The standard InChI is InChI=1S/C6H8FN3/c7-5-4(6(8)9)2-1-3-10-5/h1-3,6H,8-9H2. The summed E-state index contributed by atoms with van der Waals surface area (Å²) in [5.41, 5.74) is 10.7. The fourth-order valence-electron chi connectivity index (χ4n) is 0.647. The van der Waals surface area contributed by atoms with Crippen molar-refractivity contribution in [3.8, 4) is 0 Å². The molecule has 54 valence electrons. The van der Waals surface area contributed by atoms with E-state index in [9.17, 15) is 4.39 Å². The number of hydrogen-bond acceptors (Lipinski definition) is 3. The van der Waals surface area contributed by atoms with E-state index < -0.39 is 12.1 Å². The number of aromatic nitrogens is 1. The summed E-state index contributed by atoms with van der Waals surface area (Å²) in [6, 6.07) is 3.10. The van der Waals surface area contributed by atoms with E-state index in [1.807, 2.05) is 0 Å². The summed E-state index contributed by atoms with van der Waals surface area (Å²) < 4.78 is 12.6. The Hall–Kier alpha value is -1.00. The largest absolute Gasteiger partial charge is 0.312 e. The van der Waals surface area contributed by atoms with Crippen molar-refractivity contribution in [2.75, 3.05) is 0 Å². The second-order valence-corrected chi connectivity index (χ2v) is 1.91. The Morgan fingerprint density at radius 2 is 2.20 bits per heavy atom. The first kappa shape index (κ1) is 7.11. The molecule has 1 rings (SSSR count). The van der Waals surface area contributed by atoms with E-state index in [2.05, 4.69) is 4.98 Å². The summed E-state index contributed by atoms with van der Waals surface area (Å²) >= 11 is 0. The van der Waals surface area contributed by atoms with E-state index in [4.69, 9.17) is 11.5 Å². The molecular formula is C6H8FN3. The number of halogens is 1. The zero-order valence-electron chi connectivity index (χ0n) is 5.29. The van der Waals surface area contributed by atoms with Crippen LogP contribution in [0.4, 0.5) is 4.39 Å². The maximum atomic E-state index is 12.6. The van der Waals surface area contributed by atoms with Gasteiger partial charge in [-0.15, -0.1) is 0 Å². The lowest BCUT2D eigenvalue weighted by atomic mass is 10.2.